The summed E-state index contributed by atoms with van der Waals surface area (Å²) in [6.45, 7) is 15.0. The van der Waals surface area contributed by atoms with Crippen molar-refractivity contribution in [3.63, 3.8) is 0 Å². The van der Waals surface area contributed by atoms with E-state index < -0.39 is 11.4 Å². The first-order valence-corrected chi connectivity index (χ1v) is 12.6. The number of para-hydroxylation sites is 1. The number of aromatic carboxylic acids is 1. The monoisotopic (exact) mass is 476 g/mol. The van der Waals surface area contributed by atoms with Crippen molar-refractivity contribution in [2.45, 2.75) is 59.9 Å². The number of carbonyl (C=O) groups is 1. The summed E-state index contributed by atoms with van der Waals surface area (Å²) in [5.74, 6) is -0.785. The molecule has 0 unspecified atom stereocenters. The number of rotatable bonds is 7. The van der Waals surface area contributed by atoms with Crippen LogP contribution in [0.1, 0.15) is 81.5 Å². The van der Waals surface area contributed by atoms with Crippen LogP contribution in [0.5, 0.6) is 0 Å². The summed E-state index contributed by atoms with van der Waals surface area (Å²) < 4.78 is 3.10. The Morgan fingerprint density at radius 3 is 2.59 bits per heavy atom. The van der Waals surface area contributed by atoms with Crippen molar-refractivity contribution in [2.75, 3.05) is 0 Å². The Labute approximate surface area is 204 Å². The van der Waals surface area contributed by atoms with Gasteiger partial charge < -0.3 is 9.67 Å². The third kappa shape index (κ3) is 4.39. The van der Waals surface area contributed by atoms with Gasteiger partial charge in [0, 0.05) is 29.6 Å². The third-order valence-electron chi connectivity index (χ3n) is 6.81. The molecule has 1 aliphatic carbocycles. The summed E-state index contributed by atoms with van der Waals surface area (Å²) in [5.41, 5.74) is 6.70. The van der Waals surface area contributed by atoms with Gasteiger partial charge in [-0.05, 0) is 60.3 Å². The number of carboxylic acids is 1. The number of benzene rings is 1. The van der Waals surface area contributed by atoms with E-state index in [4.69, 9.17) is 0 Å². The minimum atomic E-state index is -1.20. The summed E-state index contributed by atoms with van der Waals surface area (Å²) in [4.78, 5) is 29.4. The number of thiazole rings is 1. The van der Waals surface area contributed by atoms with Crippen LogP contribution in [-0.2, 0) is 0 Å². The van der Waals surface area contributed by atoms with Gasteiger partial charge in [-0.25, -0.2) is 9.78 Å². The molecule has 0 spiro atoms. The highest BCUT2D eigenvalue weighted by Gasteiger charge is 2.32. The van der Waals surface area contributed by atoms with Gasteiger partial charge in [-0.1, -0.05) is 46.4 Å². The standard InChI is InChI=1S/C28H32N2O3S/c1-7-24(28(4,5)6)30-14-20(27(32)33)22(31)13-21(30)17(3)25(16(2)18-11-12-18)19-9-8-10-23-26(19)29-15-34-23/h8-10,13-15,18,24H,2,7,11-12H2,1,3-6H3,(H,32,33)/b25-17-/t24-/m0/s1. The van der Waals surface area contributed by atoms with Crippen molar-refractivity contribution in [1.29, 1.82) is 0 Å². The van der Waals surface area contributed by atoms with Crippen LogP contribution in [0, 0.1) is 11.3 Å². The van der Waals surface area contributed by atoms with Crippen molar-refractivity contribution in [1.82, 2.24) is 9.55 Å². The number of carboxylic acid groups (broad SMARTS) is 1. The zero-order valence-corrected chi connectivity index (χ0v) is 21.3. The van der Waals surface area contributed by atoms with E-state index in [1.807, 2.05) is 23.1 Å². The lowest BCUT2D eigenvalue weighted by atomic mass is 9.83. The lowest BCUT2D eigenvalue weighted by Crippen LogP contribution is -2.29. The van der Waals surface area contributed by atoms with E-state index >= 15 is 0 Å². The molecule has 5 nitrogen and oxygen atoms in total. The maximum absolute atomic E-state index is 12.9. The van der Waals surface area contributed by atoms with Crippen LogP contribution in [0.15, 0.2) is 52.9 Å². The second-order valence-corrected chi connectivity index (χ2v) is 11.1. The van der Waals surface area contributed by atoms with Crippen LogP contribution in [0.2, 0.25) is 0 Å². The molecule has 178 valence electrons. The Morgan fingerprint density at radius 2 is 2.00 bits per heavy atom. The van der Waals surface area contributed by atoms with Crippen molar-refractivity contribution >= 4 is 38.7 Å². The van der Waals surface area contributed by atoms with E-state index in [0.29, 0.717) is 5.92 Å². The molecule has 6 heteroatoms. The van der Waals surface area contributed by atoms with E-state index in [1.54, 1.807) is 11.3 Å². The number of pyridine rings is 1. The molecule has 1 aromatic carbocycles. The zero-order chi connectivity index (χ0) is 24.8. The van der Waals surface area contributed by atoms with Gasteiger partial charge >= 0.3 is 5.97 Å². The van der Waals surface area contributed by atoms with Gasteiger partial charge in [0.15, 0.2) is 5.43 Å². The normalized spacial score (nSPS) is 15.8. The number of hydrogen-bond donors (Lipinski definition) is 1. The third-order valence-corrected chi connectivity index (χ3v) is 7.61. The quantitative estimate of drug-likeness (QED) is 0.371. The number of aromatic nitrogens is 2. The van der Waals surface area contributed by atoms with E-state index in [9.17, 15) is 14.7 Å². The molecule has 1 atom stereocenters. The Morgan fingerprint density at radius 1 is 1.29 bits per heavy atom. The fourth-order valence-electron chi connectivity index (χ4n) is 4.96. The van der Waals surface area contributed by atoms with Crippen LogP contribution < -0.4 is 5.43 Å². The lowest BCUT2D eigenvalue weighted by Gasteiger charge is -2.35. The van der Waals surface area contributed by atoms with Gasteiger partial charge in [0.2, 0.25) is 0 Å². The molecule has 0 aliphatic heterocycles. The summed E-state index contributed by atoms with van der Waals surface area (Å²) in [6.07, 6.45) is 4.54. The number of hydrogen-bond acceptors (Lipinski definition) is 4. The minimum absolute atomic E-state index is 0.00153. The molecular formula is C28H32N2O3S. The first-order valence-electron chi connectivity index (χ1n) is 11.8. The van der Waals surface area contributed by atoms with Crippen LogP contribution in [0.25, 0.3) is 21.4 Å². The Kier molecular flexibility index (Phi) is 6.38. The molecule has 0 radical (unpaired) electrons. The summed E-state index contributed by atoms with van der Waals surface area (Å²) in [5, 5.41) is 9.68. The molecule has 1 saturated carbocycles. The topological polar surface area (TPSA) is 72.2 Å². The minimum Gasteiger partial charge on any atom is -0.477 e. The van der Waals surface area contributed by atoms with Crippen molar-refractivity contribution in [2.24, 2.45) is 11.3 Å². The average Bonchev–Trinajstić information content (AvgIpc) is 3.50. The highest BCUT2D eigenvalue weighted by molar-refractivity contribution is 7.16. The first kappa shape index (κ1) is 24.1. The van der Waals surface area contributed by atoms with Gasteiger partial charge in [-0.3, -0.25) is 4.79 Å². The molecule has 0 bridgehead atoms. The predicted molar refractivity (Wildman–Crippen MR) is 140 cm³/mol. The molecule has 3 aromatic rings. The van der Waals surface area contributed by atoms with Crippen molar-refractivity contribution in [3.8, 4) is 0 Å². The summed E-state index contributed by atoms with van der Waals surface area (Å²) >= 11 is 1.60. The zero-order valence-electron chi connectivity index (χ0n) is 20.5. The second-order valence-electron chi connectivity index (χ2n) is 10.2. The molecule has 2 aromatic heterocycles. The molecule has 1 aliphatic rings. The van der Waals surface area contributed by atoms with Crippen LogP contribution in [0.3, 0.4) is 0 Å². The van der Waals surface area contributed by atoms with Crippen LogP contribution >= 0.6 is 11.3 Å². The maximum Gasteiger partial charge on any atom is 0.341 e. The first-order chi connectivity index (χ1) is 16.0. The molecule has 34 heavy (non-hydrogen) atoms. The van der Waals surface area contributed by atoms with Gasteiger partial charge in [0.1, 0.15) is 5.56 Å². The molecule has 4 rings (SSSR count). The fraction of sp³-hybridized carbons (Fsp3) is 0.393. The number of fused-ring (bicyclic) bond motifs is 1. The SMILES string of the molecule is C=C(/C(=C(\C)c1cc(=O)c(C(=O)O)cn1[C@@H](CC)C(C)(C)C)c1cccc2scnc12)C1CC1. The van der Waals surface area contributed by atoms with Gasteiger partial charge in [0.25, 0.3) is 0 Å². The molecule has 0 amide bonds. The van der Waals surface area contributed by atoms with Gasteiger partial charge in [-0.2, -0.15) is 0 Å². The van der Waals surface area contributed by atoms with E-state index in [1.165, 1.54) is 12.3 Å². The van der Waals surface area contributed by atoms with Crippen molar-refractivity contribution < 1.29 is 9.90 Å². The summed E-state index contributed by atoms with van der Waals surface area (Å²) in [6, 6.07) is 7.67. The van der Waals surface area contributed by atoms with E-state index in [0.717, 1.165) is 57.5 Å². The highest BCUT2D eigenvalue weighted by atomic mass is 32.1. The number of allylic oxidation sites excluding steroid dienone is 3. The molecule has 1 N–H and O–H groups in total. The van der Waals surface area contributed by atoms with Crippen molar-refractivity contribution in [3.05, 3.63) is 75.2 Å². The average molecular weight is 477 g/mol. The van der Waals surface area contributed by atoms with Crippen LogP contribution in [-0.4, -0.2) is 20.6 Å². The maximum atomic E-state index is 12.9. The predicted octanol–water partition coefficient (Wildman–Crippen LogP) is 7.05. The molecule has 1 fully saturated rings. The van der Waals surface area contributed by atoms with E-state index in [2.05, 4.69) is 51.4 Å². The smallest absolute Gasteiger partial charge is 0.341 e. The Bertz CT molecular complexity index is 1370. The largest absolute Gasteiger partial charge is 0.477 e. The van der Waals surface area contributed by atoms with Crippen LogP contribution in [0.4, 0.5) is 0 Å². The van der Waals surface area contributed by atoms with Gasteiger partial charge in [-0.15, -0.1) is 11.3 Å². The lowest BCUT2D eigenvalue weighted by molar-refractivity contribution is 0.0693. The Balaban J connectivity index is 2.07. The Hall–Kier alpha value is -2.99. The van der Waals surface area contributed by atoms with E-state index in [-0.39, 0.29) is 17.0 Å². The second kappa shape index (κ2) is 8.99. The fourth-order valence-corrected chi connectivity index (χ4v) is 5.67. The molecule has 2 heterocycles. The number of nitrogens with zero attached hydrogens (tertiary/aromatic N) is 2. The molecular weight excluding hydrogens is 444 g/mol. The highest BCUT2D eigenvalue weighted by Crippen LogP contribution is 2.46. The molecule has 0 saturated heterocycles. The summed E-state index contributed by atoms with van der Waals surface area (Å²) in [7, 11) is 0. The van der Waals surface area contributed by atoms with Gasteiger partial charge in [0.05, 0.1) is 15.7 Å².